The second kappa shape index (κ2) is 7.96. The predicted molar refractivity (Wildman–Crippen MR) is 130 cm³/mol. The Balaban J connectivity index is 1.46. The zero-order valence-corrected chi connectivity index (χ0v) is 18.3. The molecule has 6 heteroatoms. The average molecular weight is 427 g/mol. The lowest BCUT2D eigenvalue weighted by Crippen LogP contribution is -2.11. The SMILES string of the molecule is C=C(Nc1ccc2c(c1)CCC2)Nc1c(C)ccc2c1/C(=C/c1[nH]ccc1OC)C(=O)N2. The van der Waals surface area contributed by atoms with Crippen LogP contribution in [0.4, 0.5) is 17.1 Å². The zero-order valence-electron chi connectivity index (χ0n) is 18.3. The Morgan fingerprint density at radius 1 is 1.12 bits per heavy atom. The number of benzene rings is 2. The van der Waals surface area contributed by atoms with E-state index in [1.165, 1.54) is 17.5 Å². The van der Waals surface area contributed by atoms with Crippen molar-refractivity contribution in [2.24, 2.45) is 0 Å². The molecule has 1 amide bonds. The van der Waals surface area contributed by atoms with Crippen LogP contribution in [0, 0.1) is 6.92 Å². The molecule has 0 spiro atoms. The Labute approximate surface area is 187 Å². The first kappa shape index (κ1) is 20.0. The summed E-state index contributed by atoms with van der Waals surface area (Å²) in [5, 5.41) is 9.74. The van der Waals surface area contributed by atoms with E-state index in [1.54, 1.807) is 13.3 Å². The minimum absolute atomic E-state index is 0.150. The van der Waals surface area contributed by atoms with E-state index in [9.17, 15) is 4.79 Å². The lowest BCUT2D eigenvalue weighted by molar-refractivity contribution is -0.110. The topological polar surface area (TPSA) is 78.2 Å². The number of hydrogen-bond acceptors (Lipinski definition) is 4. The number of H-pyrrole nitrogens is 1. The first-order valence-electron chi connectivity index (χ1n) is 10.8. The summed E-state index contributed by atoms with van der Waals surface area (Å²) in [4.78, 5) is 15.9. The van der Waals surface area contributed by atoms with Crippen molar-refractivity contribution in [3.05, 3.63) is 82.9 Å². The van der Waals surface area contributed by atoms with Gasteiger partial charge in [0.15, 0.2) is 0 Å². The fourth-order valence-electron chi connectivity index (χ4n) is 4.50. The van der Waals surface area contributed by atoms with Crippen LogP contribution >= 0.6 is 0 Å². The van der Waals surface area contributed by atoms with Gasteiger partial charge in [0.25, 0.3) is 5.91 Å². The normalized spacial score (nSPS) is 15.3. The molecule has 0 saturated heterocycles. The summed E-state index contributed by atoms with van der Waals surface area (Å²) in [5.41, 5.74) is 8.61. The van der Waals surface area contributed by atoms with Gasteiger partial charge in [-0.3, -0.25) is 4.79 Å². The predicted octanol–water partition coefficient (Wildman–Crippen LogP) is 5.31. The van der Waals surface area contributed by atoms with Crippen LogP contribution in [-0.4, -0.2) is 18.0 Å². The number of nitrogens with one attached hydrogen (secondary N) is 4. The van der Waals surface area contributed by atoms with Crippen molar-refractivity contribution in [1.29, 1.82) is 0 Å². The molecule has 1 aliphatic heterocycles. The number of aryl methyl sites for hydroxylation is 3. The van der Waals surface area contributed by atoms with Crippen molar-refractivity contribution in [3.8, 4) is 5.75 Å². The van der Waals surface area contributed by atoms with E-state index in [1.807, 2.05) is 31.2 Å². The highest BCUT2D eigenvalue weighted by atomic mass is 16.5. The summed E-state index contributed by atoms with van der Waals surface area (Å²) in [6.45, 7) is 6.19. The molecule has 162 valence electrons. The van der Waals surface area contributed by atoms with Crippen LogP contribution in [0.1, 0.15) is 34.4 Å². The molecule has 0 radical (unpaired) electrons. The van der Waals surface area contributed by atoms with Crippen LogP contribution in [0.15, 0.2) is 55.0 Å². The first-order chi connectivity index (χ1) is 15.5. The number of hydrogen-bond donors (Lipinski definition) is 4. The number of amides is 1. The van der Waals surface area contributed by atoms with Crippen LogP contribution in [0.3, 0.4) is 0 Å². The highest BCUT2D eigenvalue weighted by molar-refractivity contribution is 6.36. The summed E-state index contributed by atoms with van der Waals surface area (Å²) < 4.78 is 5.39. The fourth-order valence-corrected chi connectivity index (χ4v) is 4.50. The van der Waals surface area contributed by atoms with E-state index in [0.29, 0.717) is 17.1 Å². The van der Waals surface area contributed by atoms with Crippen LogP contribution in [-0.2, 0) is 17.6 Å². The Morgan fingerprint density at radius 3 is 2.81 bits per heavy atom. The van der Waals surface area contributed by atoms with Gasteiger partial charge in [0.2, 0.25) is 0 Å². The molecule has 4 N–H and O–H groups in total. The molecule has 1 aliphatic carbocycles. The number of carbonyl (C=O) groups is 1. The molecule has 2 heterocycles. The van der Waals surface area contributed by atoms with E-state index < -0.39 is 0 Å². The van der Waals surface area contributed by atoms with Gasteiger partial charge in [-0.1, -0.05) is 18.7 Å². The van der Waals surface area contributed by atoms with Crippen molar-refractivity contribution in [2.75, 3.05) is 23.1 Å². The standard InChI is InChI=1S/C26H26N4O2/c1-15-7-10-21-24(20(26(31)30-21)14-22-23(32-3)11-12-27-22)25(15)29-16(2)28-19-9-8-17-5-4-6-18(17)13-19/h7-14,27-29H,2,4-6H2,1,3H3,(H,30,31)/b20-14-. The zero-order chi connectivity index (χ0) is 22.2. The molecule has 5 rings (SSSR count). The van der Waals surface area contributed by atoms with E-state index in [-0.39, 0.29) is 5.91 Å². The van der Waals surface area contributed by atoms with Crippen LogP contribution in [0.5, 0.6) is 5.75 Å². The van der Waals surface area contributed by atoms with Gasteiger partial charge in [0.1, 0.15) is 11.6 Å². The Bertz CT molecular complexity index is 1270. The third-order valence-electron chi connectivity index (χ3n) is 6.09. The monoisotopic (exact) mass is 426 g/mol. The number of carbonyl (C=O) groups excluding carboxylic acids is 1. The summed E-state index contributed by atoms with van der Waals surface area (Å²) >= 11 is 0. The van der Waals surface area contributed by atoms with Crippen molar-refractivity contribution in [3.63, 3.8) is 0 Å². The molecule has 0 atom stereocenters. The van der Waals surface area contributed by atoms with Crippen LogP contribution in [0.25, 0.3) is 11.6 Å². The number of rotatable bonds is 6. The summed E-state index contributed by atoms with van der Waals surface area (Å²) in [6, 6.07) is 12.2. The third kappa shape index (κ3) is 3.54. The number of fused-ring (bicyclic) bond motifs is 2. The number of methoxy groups -OCH3 is 1. The van der Waals surface area contributed by atoms with Gasteiger partial charge in [0, 0.05) is 17.4 Å². The molecule has 3 aromatic rings. The average Bonchev–Trinajstić information content (AvgIpc) is 3.49. The van der Waals surface area contributed by atoms with Gasteiger partial charge in [0.05, 0.1) is 29.8 Å². The Morgan fingerprint density at radius 2 is 1.97 bits per heavy atom. The van der Waals surface area contributed by atoms with E-state index in [0.717, 1.165) is 46.7 Å². The van der Waals surface area contributed by atoms with Gasteiger partial charge in [-0.2, -0.15) is 0 Å². The smallest absolute Gasteiger partial charge is 0.256 e. The second-order valence-corrected chi connectivity index (χ2v) is 8.22. The Hall–Kier alpha value is -3.93. The molecule has 2 aromatic carbocycles. The van der Waals surface area contributed by atoms with Crippen LogP contribution < -0.4 is 20.7 Å². The highest BCUT2D eigenvalue weighted by Crippen LogP contribution is 2.41. The molecular weight excluding hydrogens is 400 g/mol. The largest absolute Gasteiger partial charge is 0.495 e. The highest BCUT2D eigenvalue weighted by Gasteiger charge is 2.28. The van der Waals surface area contributed by atoms with Crippen molar-refractivity contribution >= 4 is 34.6 Å². The molecular formula is C26H26N4O2. The van der Waals surface area contributed by atoms with Crippen molar-refractivity contribution in [2.45, 2.75) is 26.2 Å². The maximum absolute atomic E-state index is 12.8. The molecule has 0 unspecified atom stereocenters. The van der Waals surface area contributed by atoms with Crippen molar-refractivity contribution in [1.82, 2.24) is 4.98 Å². The van der Waals surface area contributed by atoms with Crippen LogP contribution in [0.2, 0.25) is 0 Å². The second-order valence-electron chi connectivity index (χ2n) is 8.22. The molecule has 0 bridgehead atoms. The minimum Gasteiger partial charge on any atom is -0.495 e. The van der Waals surface area contributed by atoms with E-state index in [2.05, 4.69) is 45.7 Å². The molecule has 32 heavy (non-hydrogen) atoms. The minimum atomic E-state index is -0.150. The molecule has 0 saturated carbocycles. The molecule has 1 aromatic heterocycles. The van der Waals surface area contributed by atoms with Gasteiger partial charge in [-0.05, 0) is 73.2 Å². The van der Waals surface area contributed by atoms with Gasteiger partial charge in [-0.25, -0.2) is 0 Å². The summed E-state index contributed by atoms with van der Waals surface area (Å²) in [6.07, 6.45) is 7.11. The number of ether oxygens (including phenoxy) is 1. The number of anilines is 3. The fraction of sp³-hybridized carbons (Fsp3) is 0.192. The lowest BCUT2D eigenvalue weighted by atomic mass is 10.00. The molecule has 6 nitrogen and oxygen atoms in total. The molecule has 0 fully saturated rings. The number of aromatic amines is 1. The third-order valence-corrected chi connectivity index (χ3v) is 6.09. The van der Waals surface area contributed by atoms with E-state index in [4.69, 9.17) is 4.74 Å². The quantitative estimate of drug-likeness (QED) is 0.403. The lowest BCUT2D eigenvalue weighted by Gasteiger charge is -2.18. The molecule has 2 aliphatic rings. The van der Waals surface area contributed by atoms with E-state index >= 15 is 0 Å². The maximum atomic E-state index is 12.8. The van der Waals surface area contributed by atoms with Crippen molar-refractivity contribution < 1.29 is 9.53 Å². The van der Waals surface area contributed by atoms with Gasteiger partial charge in [-0.15, -0.1) is 0 Å². The first-order valence-corrected chi connectivity index (χ1v) is 10.8. The number of aromatic nitrogens is 1. The summed E-state index contributed by atoms with van der Waals surface area (Å²) in [7, 11) is 1.61. The van der Waals surface area contributed by atoms with Gasteiger partial charge >= 0.3 is 0 Å². The van der Waals surface area contributed by atoms with Gasteiger partial charge < -0.3 is 25.7 Å². The maximum Gasteiger partial charge on any atom is 0.256 e. The Kier molecular flexibility index (Phi) is 4.98. The summed E-state index contributed by atoms with van der Waals surface area (Å²) in [5.74, 6) is 1.18.